The van der Waals surface area contributed by atoms with Gasteiger partial charge >= 0.3 is 5.97 Å². The molecule has 7 heteroatoms. The second-order valence-electron chi connectivity index (χ2n) is 4.36. The van der Waals surface area contributed by atoms with Crippen LogP contribution in [0.15, 0.2) is 0 Å². The maximum Gasteiger partial charge on any atom is 0.320 e. The van der Waals surface area contributed by atoms with Crippen LogP contribution >= 0.6 is 0 Å². The minimum atomic E-state index is -3.63. The van der Waals surface area contributed by atoms with Crippen molar-refractivity contribution in [3.63, 3.8) is 0 Å². The first kappa shape index (κ1) is 13.4. The Labute approximate surface area is 95.7 Å². The molecule has 0 atom stereocenters. The largest absolute Gasteiger partial charge is 0.480 e. The summed E-state index contributed by atoms with van der Waals surface area (Å²) >= 11 is 0. The summed E-state index contributed by atoms with van der Waals surface area (Å²) in [6, 6.07) is 0. The van der Waals surface area contributed by atoms with Crippen LogP contribution in [-0.2, 0) is 14.8 Å². The van der Waals surface area contributed by atoms with Gasteiger partial charge in [0, 0.05) is 18.6 Å². The van der Waals surface area contributed by atoms with Gasteiger partial charge in [-0.05, 0) is 26.8 Å². The molecule has 0 amide bonds. The van der Waals surface area contributed by atoms with E-state index in [4.69, 9.17) is 5.11 Å². The van der Waals surface area contributed by atoms with Crippen LogP contribution < -0.4 is 5.32 Å². The topological polar surface area (TPSA) is 86.7 Å². The Morgan fingerprint density at radius 2 is 1.94 bits per heavy atom. The predicted octanol–water partition coefficient (Wildman–Crippen LogP) is -0.525. The fourth-order valence-electron chi connectivity index (χ4n) is 1.76. The van der Waals surface area contributed by atoms with Gasteiger partial charge in [0.2, 0.25) is 10.0 Å². The molecule has 0 radical (unpaired) electrons. The van der Waals surface area contributed by atoms with E-state index in [1.54, 1.807) is 0 Å². The van der Waals surface area contributed by atoms with Gasteiger partial charge in [-0.3, -0.25) is 4.79 Å². The van der Waals surface area contributed by atoms with Crippen molar-refractivity contribution in [1.82, 2.24) is 9.62 Å². The fraction of sp³-hybridized carbons (Fsp3) is 0.889. The van der Waals surface area contributed by atoms with Crippen molar-refractivity contribution in [1.29, 1.82) is 0 Å². The molecule has 1 saturated heterocycles. The molecule has 1 heterocycles. The van der Waals surface area contributed by atoms with E-state index in [1.807, 2.05) is 14.0 Å². The first-order chi connectivity index (χ1) is 7.29. The van der Waals surface area contributed by atoms with Crippen molar-refractivity contribution in [2.45, 2.75) is 25.3 Å². The maximum atomic E-state index is 11.6. The van der Waals surface area contributed by atoms with Crippen LogP contribution in [0.2, 0.25) is 0 Å². The number of rotatable bonds is 4. The molecule has 1 fully saturated rings. The molecule has 0 unspecified atom stereocenters. The van der Waals surface area contributed by atoms with E-state index in [2.05, 4.69) is 5.32 Å². The molecule has 0 spiro atoms. The van der Waals surface area contributed by atoms with Crippen molar-refractivity contribution < 1.29 is 18.3 Å². The third-order valence-corrected chi connectivity index (χ3v) is 4.89. The number of nitrogens with zero attached hydrogens (tertiary/aromatic N) is 1. The lowest BCUT2D eigenvalue weighted by Gasteiger charge is -2.38. The molecule has 0 bridgehead atoms. The Hall–Kier alpha value is -0.660. The number of hydrogen-bond acceptors (Lipinski definition) is 4. The number of nitrogens with one attached hydrogen (secondary N) is 1. The Kier molecular flexibility index (Phi) is 3.92. The second kappa shape index (κ2) is 4.68. The predicted molar refractivity (Wildman–Crippen MR) is 59.7 cm³/mol. The average molecular weight is 250 g/mol. The van der Waals surface area contributed by atoms with Crippen LogP contribution in [-0.4, -0.2) is 55.2 Å². The fourth-order valence-corrected chi connectivity index (χ4v) is 2.99. The highest BCUT2D eigenvalue weighted by atomic mass is 32.2. The molecule has 94 valence electrons. The van der Waals surface area contributed by atoms with Gasteiger partial charge in [-0.2, -0.15) is 0 Å². The van der Waals surface area contributed by atoms with Crippen molar-refractivity contribution in [2.24, 2.45) is 0 Å². The quantitative estimate of drug-likeness (QED) is 0.701. The molecule has 0 aromatic rings. The molecule has 16 heavy (non-hydrogen) atoms. The van der Waals surface area contributed by atoms with Gasteiger partial charge in [0.05, 0.1) is 0 Å². The van der Waals surface area contributed by atoms with Crippen molar-refractivity contribution in [3.05, 3.63) is 0 Å². The third-order valence-electron chi connectivity index (χ3n) is 3.13. The SMILES string of the molecule is CNC1(C)CCN(S(=O)(=O)CC(=O)O)CC1. The van der Waals surface area contributed by atoms with E-state index in [1.165, 1.54) is 4.31 Å². The van der Waals surface area contributed by atoms with Gasteiger partial charge in [0.15, 0.2) is 5.75 Å². The Morgan fingerprint density at radius 1 is 1.44 bits per heavy atom. The first-order valence-electron chi connectivity index (χ1n) is 5.18. The number of carbonyl (C=O) groups is 1. The van der Waals surface area contributed by atoms with Gasteiger partial charge in [-0.15, -0.1) is 0 Å². The number of sulfonamides is 1. The summed E-state index contributed by atoms with van der Waals surface area (Å²) in [5.74, 6) is -2.12. The standard InChI is InChI=1S/C9H18N2O4S/c1-9(10-2)3-5-11(6-4-9)16(14,15)7-8(12)13/h10H,3-7H2,1-2H3,(H,12,13). The lowest BCUT2D eigenvalue weighted by Crippen LogP contribution is -2.52. The Bertz CT molecular complexity index is 358. The lowest BCUT2D eigenvalue weighted by molar-refractivity contribution is -0.134. The van der Waals surface area contributed by atoms with E-state index in [0.29, 0.717) is 25.9 Å². The van der Waals surface area contributed by atoms with Gasteiger partial charge in [0.1, 0.15) is 0 Å². The minimum absolute atomic E-state index is 0.0464. The summed E-state index contributed by atoms with van der Waals surface area (Å²) < 4.78 is 24.5. The van der Waals surface area contributed by atoms with E-state index in [9.17, 15) is 13.2 Å². The van der Waals surface area contributed by atoms with Gasteiger partial charge in [-0.1, -0.05) is 0 Å². The molecule has 0 aromatic carbocycles. The summed E-state index contributed by atoms with van der Waals surface area (Å²) in [5.41, 5.74) is -0.0464. The average Bonchev–Trinajstić information content (AvgIpc) is 2.16. The van der Waals surface area contributed by atoms with Crippen LogP contribution in [0.5, 0.6) is 0 Å². The van der Waals surface area contributed by atoms with Crippen LogP contribution in [0.4, 0.5) is 0 Å². The monoisotopic (exact) mass is 250 g/mol. The van der Waals surface area contributed by atoms with Crippen molar-refractivity contribution >= 4 is 16.0 Å². The van der Waals surface area contributed by atoms with Gasteiger partial charge in [-0.25, -0.2) is 12.7 Å². The smallest absolute Gasteiger partial charge is 0.320 e. The van der Waals surface area contributed by atoms with E-state index < -0.39 is 21.7 Å². The second-order valence-corrected chi connectivity index (χ2v) is 6.33. The number of carboxylic acid groups (broad SMARTS) is 1. The molecule has 0 aliphatic carbocycles. The third kappa shape index (κ3) is 3.16. The number of aliphatic carboxylic acids is 1. The van der Waals surface area contributed by atoms with Crippen LogP contribution in [0.25, 0.3) is 0 Å². The first-order valence-corrected chi connectivity index (χ1v) is 6.78. The van der Waals surface area contributed by atoms with Crippen molar-refractivity contribution in [3.8, 4) is 0 Å². The van der Waals surface area contributed by atoms with E-state index >= 15 is 0 Å². The van der Waals surface area contributed by atoms with E-state index in [-0.39, 0.29) is 5.54 Å². The molecule has 1 aliphatic rings. The molecular formula is C9H18N2O4S. The highest BCUT2D eigenvalue weighted by molar-refractivity contribution is 7.89. The van der Waals surface area contributed by atoms with Crippen LogP contribution in [0.1, 0.15) is 19.8 Å². The van der Waals surface area contributed by atoms with Gasteiger partial charge in [0.25, 0.3) is 0 Å². The molecular weight excluding hydrogens is 232 g/mol. The maximum absolute atomic E-state index is 11.6. The number of hydrogen-bond donors (Lipinski definition) is 2. The van der Waals surface area contributed by atoms with E-state index in [0.717, 1.165) is 0 Å². The molecule has 6 nitrogen and oxygen atoms in total. The number of piperidine rings is 1. The van der Waals surface area contributed by atoms with Crippen LogP contribution in [0, 0.1) is 0 Å². The Morgan fingerprint density at radius 3 is 2.31 bits per heavy atom. The minimum Gasteiger partial charge on any atom is -0.480 e. The van der Waals surface area contributed by atoms with Gasteiger partial charge < -0.3 is 10.4 Å². The summed E-state index contributed by atoms with van der Waals surface area (Å²) in [6.45, 7) is 2.80. The summed E-state index contributed by atoms with van der Waals surface area (Å²) in [5, 5.41) is 11.7. The Balaban J connectivity index is 2.63. The normalized spacial score (nSPS) is 21.9. The zero-order chi connectivity index (χ0) is 12.4. The summed E-state index contributed by atoms with van der Waals surface area (Å²) in [4.78, 5) is 10.4. The highest BCUT2D eigenvalue weighted by Gasteiger charge is 2.34. The molecule has 2 N–H and O–H groups in total. The summed E-state index contributed by atoms with van der Waals surface area (Å²) in [7, 11) is -1.79. The summed E-state index contributed by atoms with van der Waals surface area (Å²) in [6.07, 6.45) is 1.39. The van der Waals surface area contributed by atoms with Crippen LogP contribution in [0.3, 0.4) is 0 Å². The molecule has 0 aromatic heterocycles. The molecule has 1 aliphatic heterocycles. The molecule has 0 saturated carbocycles. The number of carboxylic acids is 1. The highest BCUT2D eigenvalue weighted by Crippen LogP contribution is 2.22. The molecule has 1 rings (SSSR count). The zero-order valence-corrected chi connectivity index (χ0v) is 10.4. The zero-order valence-electron chi connectivity index (χ0n) is 9.56. The lowest BCUT2D eigenvalue weighted by atomic mass is 9.91. The van der Waals surface area contributed by atoms with Crippen molar-refractivity contribution in [2.75, 3.05) is 25.9 Å².